The van der Waals surface area contributed by atoms with Crippen LogP contribution in [0.5, 0.6) is 0 Å². The maximum atomic E-state index is 11.9. The number of halogens is 2. The number of ether oxygens (including phenoxy) is 1. The summed E-state index contributed by atoms with van der Waals surface area (Å²) in [7, 11) is 0. The monoisotopic (exact) mass is 1310 g/mol. The molecule has 0 aromatic rings. The second kappa shape index (κ2) is 57.1. The fourth-order valence-electron chi connectivity index (χ4n) is 8.88. The Bertz CT molecular complexity index is 1930. The van der Waals surface area contributed by atoms with Crippen molar-refractivity contribution >= 4 is 93.3 Å². The van der Waals surface area contributed by atoms with Crippen LogP contribution in [0.4, 0.5) is 0 Å². The van der Waals surface area contributed by atoms with Crippen molar-refractivity contribution in [1.82, 2.24) is 42.1 Å². The highest BCUT2D eigenvalue weighted by Gasteiger charge is 2.42. The molecule has 2 atom stereocenters. The van der Waals surface area contributed by atoms with Gasteiger partial charge in [0.15, 0.2) is 6.10 Å². The Balaban J connectivity index is -0.00000121. The summed E-state index contributed by atoms with van der Waals surface area (Å²) in [5.74, 6) is 1.53. The van der Waals surface area contributed by atoms with Crippen molar-refractivity contribution in [1.29, 1.82) is 0 Å². The van der Waals surface area contributed by atoms with Crippen molar-refractivity contribution in [2.45, 2.75) is 214 Å². The number of carbonyl (C=O) groups excluding carboxylic acids is 12. The fraction of sp³-hybridized carbons (Fsp3) is 0.810. The third-order valence-electron chi connectivity index (χ3n) is 14.1. The van der Waals surface area contributed by atoms with Crippen LogP contribution in [-0.2, 0) is 62.3 Å². The van der Waals surface area contributed by atoms with Gasteiger partial charge in [-0.25, -0.2) is 0 Å². The van der Waals surface area contributed by atoms with Crippen molar-refractivity contribution in [3.8, 4) is 0 Å². The SMILES string of the molecule is CC(=O)CCCCC(=O)NCCN(CCNC(=O)CCCCC(C)=O)CC(O)CCl.CC(=O)CCCCC(=O)NCCNCCNC(=O)CCCCC(C)=O.CC(=O)CCCCC(=O)NCC[N+]1(CCNC(=O)CCCCC(C)=O)CC(O)C1.ClCC1CO1.[H+]. The summed E-state index contributed by atoms with van der Waals surface area (Å²) >= 11 is 11.0. The molecule has 2 saturated heterocycles. The first-order chi connectivity index (χ1) is 42.3. The molecule has 0 aromatic carbocycles. The lowest BCUT2D eigenvalue weighted by atomic mass is 10.1. The van der Waals surface area contributed by atoms with Crippen LogP contribution < -0.4 is 37.2 Å². The molecule has 0 bridgehead atoms. The van der Waals surface area contributed by atoms with Crippen molar-refractivity contribution in [2.24, 2.45) is 0 Å². The first kappa shape index (κ1) is 86.2. The molecule has 89 heavy (non-hydrogen) atoms. The van der Waals surface area contributed by atoms with Crippen LogP contribution in [0.25, 0.3) is 0 Å². The quantitative estimate of drug-likeness (QED) is 0.0180. The van der Waals surface area contributed by atoms with Gasteiger partial charge in [-0.2, -0.15) is 0 Å². The molecule has 0 aromatic heterocycles. The molecule has 26 heteroatoms. The zero-order valence-corrected chi connectivity index (χ0v) is 56.3. The number of unbranched alkanes of at least 4 members (excludes halogenated alkanes) is 6. The summed E-state index contributed by atoms with van der Waals surface area (Å²) in [5.41, 5.74) is 0. The summed E-state index contributed by atoms with van der Waals surface area (Å²) in [4.78, 5) is 138. The Morgan fingerprint density at radius 1 is 0.438 bits per heavy atom. The summed E-state index contributed by atoms with van der Waals surface area (Å²) in [6.45, 7) is 18.7. The number of quaternary nitrogens is 1. The van der Waals surface area contributed by atoms with Gasteiger partial charge in [-0.3, -0.25) is 33.7 Å². The Morgan fingerprint density at radius 3 is 0.921 bits per heavy atom. The number of amides is 6. The second-order valence-electron chi connectivity index (χ2n) is 23.3. The molecule has 9 N–H and O–H groups in total. The van der Waals surface area contributed by atoms with E-state index in [1.807, 2.05) is 4.90 Å². The number of nitrogens with one attached hydrogen (secondary N) is 7. The van der Waals surface area contributed by atoms with Gasteiger partial charge in [-0.15, -0.1) is 23.2 Å². The average molecular weight is 1310 g/mol. The molecule has 6 amide bonds. The minimum atomic E-state index is -0.684. The number of alkyl halides is 2. The van der Waals surface area contributed by atoms with Crippen molar-refractivity contribution in [3.05, 3.63) is 0 Å². The number of likely N-dealkylation sites (tertiary alicyclic amines) is 1. The molecule has 0 spiro atoms. The molecule has 2 unspecified atom stereocenters. The Hall–Kier alpha value is -4.82. The molecule has 2 rings (SSSR count). The number of hydrogen-bond donors (Lipinski definition) is 9. The predicted molar refractivity (Wildman–Crippen MR) is 346 cm³/mol. The molecule has 2 aliphatic rings. The topological polar surface area (TPSA) is 345 Å². The summed E-state index contributed by atoms with van der Waals surface area (Å²) < 4.78 is 5.42. The Labute approximate surface area is 542 Å². The third-order valence-corrected chi connectivity index (χ3v) is 14.8. The number of aliphatic hydroxyl groups excluding tert-OH is 2. The highest BCUT2D eigenvalue weighted by molar-refractivity contribution is 6.18. The maximum absolute atomic E-state index is 11.9. The molecular formula is C63H115Cl2N9O15+2. The molecular weight excluding hydrogens is 1190 g/mol. The Kier molecular flexibility index (Phi) is 55.3. The number of aliphatic hydroxyl groups is 2. The number of hydrogen-bond acceptors (Lipinski definition) is 17. The minimum Gasteiger partial charge on any atom is -0.391 e. The molecule has 514 valence electrons. The van der Waals surface area contributed by atoms with Gasteiger partial charge >= 0.3 is 1.43 Å². The zero-order valence-electron chi connectivity index (χ0n) is 55.8. The molecule has 0 radical (unpaired) electrons. The standard InChI is InChI=1S/C21H38ClN3O5.C21H37N3O5.C18H33N3O4.C3H5ClO/c1-17(26)7-3-5-9-20(29)23-11-13-25(16-19(28)15-22)14-12-24-21(30)10-6-4-8-18(2)27;1-17(25)7-3-5-9-20(28)22-11-13-24(15-19(27)16-24)14-12-23-21(29)10-6-4-8-18(2)26;1-15(22)7-3-5-9-17(24)20-13-11-19-12-14-21-18(25)10-6-4-8-16(2)23;4-1-3-2-5-3/h19,28H,3-16H2,1-2H3,(H,23,29)(H,24,30);19,27H,3-16H2,1-2H3,(H-,22,23,28,29);19H,3-14H2,1-2H3,(H,20,24)(H,21,25);3H,1-2H2/p+2. The molecule has 24 nitrogen and oxygen atoms in total. The van der Waals surface area contributed by atoms with E-state index in [9.17, 15) is 67.7 Å². The lowest BCUT2D eigenvalue weighted by Crippen LogP contribution is -2.69. The third kappa shape index (κ3) is 61.8. The molecule has 2 fully saturated rings. The van der Waals surface area contributed by atoms with E-state index in [0.717, 1.165) is 58.2 Å². The van der Waals surface area contributed by atoms with Gasteiger partial charge in [0, 0.05) is 142 Å². The van der Waals surface area contributed by atoms with E-state index in [1.165, 1.54) is 0 Å². The van der Waals surface area contributed by atoms with E-state index in [1.54, 1.807) is 41.5 Å². The number of Topliss-reactive ketones (excluding diaryl/α,β-unsaturated/α-hetero) is 6. The lowest BCUT2D eigenvalue weighted by Gasteiger charge is -2.48. The van der Waals surface area contributed by atoms with Gasteiger partial charge in [-0.05, 0) is 119 Å². The molecule has 2 aliphatic heterocycles. The Morgan fingerprint density at radius 2 is 0.697 bits per heavy atom. The number of epoxide rings is 1. The predicted octanol–water partition coefficient (Wildman–Crippen LogP) is 3.97. The van der Waals surface area contributed by atoms with E-state index in [4.69, 9.17) is 27.9 Å². The fourth-order valence-corrected chi connectivity index (χ4v) is 9.16. The normalized spacial score (nSPS) is 13.9. The van der Waals surface area contributed by atoms with Crippen LogP contribution in [0, 0.1) is 0 Å². The van der Waals surface area contributed by atoms with Gasteiger partial charge in [0.1, 0.15) is 47.8 Å². The van der Waals surface area contributed by atoms with E-state index < -0.39 is 6.10 Å². The molecule has 0 saturated carbocycles. The first-order valence-electron chi connectivity index (χ1n) is 32.3. The summed E-state index contributed by atoms with van der Waals surface area (Å²) in [5, 5.41) is 39.8. The highest BCUT2D eigenvalue weighted by Crippen LogP contribution is 2.19. The van der Waals surface area contributed by atoms with E-state index >= 15 is 0 Å². The van der Waals surface area contributed by atoms with E-state index in [2.05, 4.69) is 37.2 Å². The second-order valence-corrected chi connectivity index (χ2v) is 23.9. The van der Waals surface area contributed by atoms with Crippen LogP contribution in [0.1, 0.15) is 197 Å². The zero-order chi connectivity index (χ0) is 67.1. The smallest absolute Gasteiger partial charge is 0.391 e. The van der Waals surface area contributed by atoms with Gasteiger partial charge in [0.05, 0.1) is 50.9 Å². The van der Waals surface area contributed by atoms with Gasteiger partial charge in [0.25, 0.3) is 0 Å². The van der Waals surface area contributed by atoms with Crippen LogP contribution in [0.2, 0.25) is 0 Å². The number of rotatable bonds is 52. The van der Waals surface area contributed by atoms with Gasteiger partial charge < -0.3 is 85.4 Å². The lowest BCUT2D eigenvalue weighted by molar-refractivity contribution is -0.970. The van der Waals surface area contributed by atoms with Crippen LogP contribution in [0.15, 0.2) is 0 Å². The number of nitrogens with zero attached hydrogens (tertiary/aromatic N) is 2. The van der Waals surface area contributed by atoms with E-state index in [-0.39, 0.29) is 83.6 Å². The van der Waals surface area contributed by atoms with Crippen LogP contribution >= 0.6 is 23.2 Å². The highest BCUT2D eigenvalue weighted by atomic mass is 35.5. The largest absolute Gasteiger partial charge is 1.00 e. The van der Waals surface area contributed by atoms with Crippen molar-refractivity contribution in [2.75, 3.05) is 117 Å². The average Bonchev–Trinajstić information content (AvgIpc) is 3.08. The maximum Gasteiger partial charge on any atom is 1.00 e. The minimum absolute atomic E-state index is 0. The summed E-state index contributed by atoms with van der Waals surface area (Å²) in [6.07, 6.45) is 13.7. The van der Waals surface area contributed by atoms with Gasteiger partial charge in [0.2, 0.25) is 35.4 Å². The van der Waals surface area contributed by atoms with E-state index in [0.29, 0.717) is 217 Å². The molecule has 2 heterocycles. The first-order valence-corrected chi connectivity index (χ1v) is 33.3. The number of carbonyl (C=O) groups is 12. The van der Waals surface area contributed by atoms with Gasteiger partial charge in [-0.1, -0.05) is 0 Å². The van der Waals surface area contributed by atoms with Crippen LogP contribution in [-0.4, -0.2) is 225 Å². The molecule has 0 aliphatic carbocycles. The van der Waals surface area contributed by atoms with Crippen molar-refractivity contribution in [3.63, 3.8) is 0 Å². The van der Waals surface area contributed by atoms with Crippen molar-refractivity contribution < 1.29 is 78.4 Å². The van der Waals surface area contributed by atoms with Crippen LogP contribution in [0.3, 0.4) is 0 Å². The summed E-state index contributed by atoms with van der Waals surface area (Å²) in [6, 6.07) is 0. The number of ketones is 6.